The van der Waals surface area contributed by atoms with E-state index in [4.69, 9.17) is 18.9 Å². The van der Waals surface area contributed by atoms with Gasteiger partial charge in [0.05, 0.1) is 28.3 Å². The molecule has 2 aliphatic carbocycles. The summed E-state index contributed by atoms with van der Waals surface area (Å²) in [5.41, 5.74) is 39.4. The maximum absolute atomic E-state index is 6.25. The first-order chi connectivity index (χ1) is 58.0. The van der Waals surface area contributed by atoms with Gasteiger partial charge >= 0.3 is 0 Å². The monoisotopic (exact) mass is 1610 g/mol. The standard InChI is InChI=1S/C20H17NO.C18H20.C17H18O.C16H18OSi.C16H16.C15H15NO.C11H11N/c1-14-8-6-12-17-19(14)22-20-15(2)9-7-13-18(20)21(17)16-10-4-3-5-11-16;1-12-7-5-9-16-14(12)11-15-13(2)8-6-10-17(15)18(16,3)4;1-11-7-5-9-13-15(11)18-16-12(2)8-6-10-14(16)17(13,3)4;1-11-7-5-9-13-15(11)17-16-12(2)8-6-10-14(16)18(13,3)4;1-11-5-3-7-13-9-14-8-4-6-12(2)16(14)10-15(11)13;1-10-6-4-8-12-14(10)17-15-11(2)7-5-9-13(15)16(12)3;1-8-4-3-5-10-11(8)9(2)6-7-12-10/h3-13H,1-2H3;5-10H,11H2,1-4H3;2*5-10H,1-4H3;3-8H,9-10H2,1-2H3;4-9H,1-3H3;3-7H,1-2H3. The van der Waals surface area contributed by atoms with Crippen LogP contribution in [0.1, 0.15) is 161 Å². The third-order valence-electron chi connectivity index (χ3n) is 25.8. The van der Waals surface area contributed by atoms with Crippen LogP contribution in [0.5, 0.6) is 46.0 Å². The summed E-state index contributed by atoms with van der Waals surface area (Å²) in [6.07, 6.45) is 5.17. The van der Waals surface area contributed by atoms with Crippen molar-refractivity contribution in [1.82, 2.24) is 4.98 Å². The van der Waals surface area contributed by atoms with Gasteiger partial charge in [-0.15, -0.1) is 0 Å². The number of nitrogens with zero attached hydrogens (tertiary/aromatic N) is 3. The van der Waals surface area contributed by atoms with Crippen molar-refractivity contribution in [3.05, 3.63) is 413 Å². The molecule has 15 aromatic rings. The Morgan fingerprint density at radius 3 is 1.02 bits per heavy atom. The molecule has 0 fully saturated rings. The van der Waals surface area contributed by atoms with E-state index < -0.39 is 8.07 Å². The molecule has 7 nitrogen and oxygen atoms in total. The zero-order valence-corrected chi connectivity index (χ0v) is 75.7. The van der Waals surface area contributed by atoms with Crippen molar-refractivity contribution in [3.8, 4) is 46.0 Å². The topological polar surface area (TPSA) is 56.3 Å². The Balaban J connectivity index is 0.000000110. The molecule has 4 aliphatic heterocycles. The molecule has 0 saturated carbocycles. The zero-order valence-electron chi connectivity index (χ0n) is 74.7. The number of fused-ring (bicyclic) bond motifs is 13. The molecule has 0 radical (unpaired) electrons. The molecule has 5 heterocycles. The first-order valence-corrected chi connectivity index (χ1v) is 45.8. The molecule has 0 amide bonds. The minimum atomic E-state index is -1.62. The molecule has 0 bridgehead atoms. The summed E-state index contributed by atoms with van der Waals surface area (Å²) in [6.45, 7) is 44.0. The second kappa shape index (κ2) is 34.3. The Labute approximate surface area is 720 Å². The lowest BCUT2D eigenvalue weighted by atomic mass is 9.67. The molecular weight excluding hydrogens is 1490 g/mol. The van der Waals surface area contributed by atoms with Gasteiger partial charge in [-0.05, 0) is 297 Å². The second-order valence-electron chi connectivity index (χ2n) is 35.3. The quantitative estimate of drug-likeness (QED) is 0.152. The van der Waals surface area contributed by atoms with Crippen LogP contribution in [0, 0.1) is 96.9 Å². The fraction of sp³-hybridized carbons (Fsp3) is 0.230. The van der Waals surface area contributed by atoms with Gasteiger partial charge in [0.1, 0.15) is 31.1 Å². The van der Waals surface area contributed by atoms with Gasteiger partial charge in [-0.25, -0.2) is 0 Å². The summed E-state index contributed by atoms with van der Waals surface area (Å²) < 4.78 is 24.7. The van der Waals surface area contributed by atoms with Crippen LogP contribution in [-0.4, -0.2) is 20.1 Å². The van der Waals surface area contributed by atoms with E-state index in [9.17, 15) is 0 Å². The smallest absolute Gasteiger partial charge is 0.154 e. The SMILES string of the molecule is Cc1cccc2c1Cc1c(C)cccc1C2.Cc1cccc2c1Cc1c(C)cccc1C2(C)C.Cc1cccc2c1Oc1c(C)cccc1C2(C)C.Cc1cccc2c1Oc1c(C)cccc1N2C.Cc1cccc2c1Oc1c(C)cccc1N2c1ccccc1.Cc1cccc2c1Oc1c(C)cccc1[Si]2(C)C.Cc1cccc2nccc(C)c12. The average Bonchev–Trinajstić information content (AvgIpc) is 0.746. The van der Waals surface area contributed by atoms with E-state index >= 15 is 0 Å². The average molecular weight is 1610 g/mol. The maximum Gasteiger partial charge on any atom is 0.154 e. The van der Waals surface area contributed by atoms with Crippen LogP contribution in [0.2, 0.25) is 13.1 Å². The van der Waals surface area contributed by atoms with E-state index in [0.717, 1.165) is 110 Å². The number of hydrogen-bond acceptors (Lipinski definition) is 7. The van der Waals surface area contributed by atoms with Crippen LogP contribution in [0.25, 0.3) is 10.9 Å². The third kappa shape index (κ3) is 16.2. The van der Waals surface area contributed by atoms with E-state index in [1.807, 2.05) is 18.3 Å². The minimum Gasteiger partial charge on any atom is -0.457 e. The van der Waals surface area contributed by atoms with Crippen molar-refractivity contribution >= 4 is 57.8 Å². The number of rotatable bonds is 1. The van der Waals surface area contributed by atoms with E-state index in [0.29, 0.717) is 0 Å². The van der Waals surface area contributed by atoms with Gasteiger partial charge in [-0.1, -0.05) is 265 Å². The maximum atomic E-state index is 6.25. The molecule has 8 heteroatoms. The second-order valence-corrected chi connectivity index (χ2v) is 39.6. The molecule has 21 rings (SSSR count). The fourth-order valence-corrected chi connectivity index (χ4v) is 21.5. The zero-order chi connectivity index (χ0) is 85.5. The molecule has 1 aromatic heterocycles. The van der Waals surface area contributed by atoms with E-state index in [1.165, 1.54) is 127 Å². The molecule has 0 saturated heterocycles. The number of para-hydroxylation sites is 9. The van der Waals surface area contributed by atoms with E-state index in [1.54, 1.807) is 11.1 Å². The lowest BCUT2D eigenvalue weighted by Gasteiger charge is -2.36. The Bertz CT molecular complexity index is 5830. The van der Waals surface area contributed by atoms with Crippen molar-refractivity contribution in [2.24, 2.45) is 0 Å². The van der Waals surface area contributed by atoms with Crippen LogP contribution in [0.15, 0.2) is 279 Å². The first-order valence-electron chi connectivity index (χ1n) is 42.8. The molecule has 0 spiro atoms. The Morgan fingerprint density at radius 1 is 0.273 bits per heavy atom. The van der Waals surface area contributed by atoms with Crippen LogP contribution >= 0.6 is 0 Å². The van der Waals surface area contributed by atoms with Crippen molar-refractivity contribution in [2.45, 2.75) is 168 Å². The van der Waals surface area contributed by atoms with E-state index in [2.05, 4.69) is 420 Å². The molecule has 0 unspecified atom stereocenters. The lowest BCUT2D eigenvalue weighted by Crippen LogP contribution is -2.56. The fourth-order valence-electron chi connectivity index (χ4n) is 18.6. The normalized spacial score (nSPS) is 13.8. The molecule has 0 N–H and O–H groups in total. The first kappa shape index (κ1) is 83.6. The van der Waals surface area contributed by atoms with Crippen molar-refractivity contribution in [2.75, 3.05) is 16.8 Å². The van der Waals surface area contributed by atoms with Gasteiger partial charge in [0, 0.05) is 46.3 Å². The Morgan fingerprint density at radius 2 is 0.579 bits per heavy atom. The summed E-state index contributed by atoms with van der Waals surface area (Å²) in [6, 6.07) is 96.3. The summed E-state index contributed by atoms with van der Waals surface area (Å²) in [4.78, 5) is 8.76. The Hall–Kier alpha value is -12.5. The summed E-state index contributed by atoms with van der Waals surface area (Å²) in [5.74, 6) is 8.07. The molecular formula is C113H115N3O4Si. The van der Waals surface area contributed by atoms with Crippen LogP contribution < -0.4 is 39.1 Å². The van der Waals surface area contributed by atoms with Crippen LogP contribution in [-0.2, 0) is 30.1 Å². The predicted octanol–water partition coefficient (Wildman–Crippen LogP) is 29.2. The number of aryl methyl sites for hydroxylation is 14. The van der Waals surface area contributed by atoms with Gasteiger partial charge < -0.3 is 28.7 Å². The van der Waals surface area contributed by atoms with Crippen molar-refractivity contribution in [1.29, 1.82) is 0 Å². The van der Waals surface area contributed by atoms with Crippen molar-refractivity contribution < 1.29 is 18.9 Å². The third-order valence-corrected chi connectivity index (χ3v) is 29.3. The summed E-state index contributed by atoms with van der Waals surface area (Å²) >= 11 is 0. The number of anilines is 5. The highest BCUT2D eigenvalue weighted by molar-refractivity contribution is 7.01. The summed E-state index contributed by atoms with van der Waals surface area (Å²) in [5, 5.41) is 4.13. The lowest BCUT2D eigenvalue weighted by molar-refractivity contribution is 0.412. The number of ether oxygens (including phenoxy) is 4. The number of benzene rings is 14. The van der Waals surface area contributed by atoms with Crippen LogP contribution in [0.4, 0.5) is 28.4 Å². The molecule has 0 atom stereocenters. The minimum absolute atomic E-state index is 0.000949. The van der Waals surface area contributed by atoms with Crippen molar-refractivity contribution in [3.63, 3.8) is 0 Å². The molecule has 14 aromatic carbocycles. The largest absolute Gasteiger partial charge is 0.457 e. The number of hydrogen-bond donors (Lipinski definition) is 0. The number of aromatic nitrogens is 1. The molecule has 6 aliphatic rings. The van der Waals surface area contributed by atoms with Gasteiger partial charge in [-0.3, -0.25) is 4.98 Å². The van der Waals surface area contributed by atoms with Gasteiger partial charge in [0.2, 0.25) is 0 Å². The highest BCUT2D eigenvalue weighted by Gasteiger charge is 2.39. The van der Waals surface area contributed by atoms with Gasteiger partial charge in [0.15, 0.2) is 23.0 Å². The van der Waals surface area contributed by atoms with Gasteiger partial charge in [-0.2, -0.15) is 0 Å². The molecule has 610 valence electrons. The van der Waals surface area contributed by atoms with Crippen LogP contribution in [0.3, 0.4) is 0 Å². The number of pyridine rings is 1. The van der Waals surface area contributed by atoms with E-state index in [-0.39, 0.29) is 10.8 Å². The Kier molecular flexibility index (Phi) is 23.7. The highest BCUT2D eigenvalue weighted by atomic mass is 28.3. The highest BCUT2D eigenvalue weighted by Crippen LogP contribution is 2.54. The molecule has 121 heavy (non-hydrogen) atoms. The predicted molar refractivity (Wildman–Crippen MR) is 511 cm³/mol. The van der Waals surface area contributed by atoms with Gasteiger partial charge in [0.25, 0.3) is 0 Å². The summed E-state index contributed by atoms with van der Waals surface area (Å²) in [7, 11) is 0.463.